The van der Waals surface area contributed by atoms with Crippen LogP contribution in [-0.4, -0.2) is 35.1 Å². The Bertz CT molecular complexity index is 411. The molecule has 82 valence electrons. The molecule has 0 aromatic carbocycles. The number of carbonyl (C=O) groups is 1. The van der Waals surface area contributed by atoms with E-state index in [1.807, 2.05) is 0 Å². The van der Waals surface area contributed by atoms with Gasteiger partial charge in [-0.3, -0.25) is 14.6 Å². The molecule has 0 aliphatic heterocycles. The van der Waals surface area contributed by atoms with Crippen LogP contribution >= 0.6 is 0 Å². The Morgan fingerprint density at radius 1 is 1.60 bits per heavy atom. The van der Waals surface area contributed by atoms with Crippen LogP contribution in [0.4, 0.5) is 5.95 Å². The number of hydrogen-bond acceptors (Lipinski definition) is 4. The molecule has 1 aromatic heterocycles. The molecule has 6 heteroatoms. The van der Waals surface area contributed by atoms with E-state index >= 15 is 0 Å². The molecule has 15 heavy (non-hydrogen) atoms. The van der Waals surface area contributed by atoms with Crippen LogP contribution < -0.4 is 10.5 Å². The quantitative estimate of drug-likeness (QED) is 0.723. The van der Waals surface area contributed by atoms with E-state index in [1.165, 1.54) is 6.20 Å². The van der Waals surface area contributed by atoms with Gasteiger partial charge in [-0.05, 0) is 6.42 Å². The van der Waals surface area contributed by atoms with Crippen molar-refractivity contribution < 1.29 is 9.90 Å². The molecule has 0 saturated carbocycles. The highest BCUT2D eigenvalue weighted by molar-refractivity contribution is 5.67. The number of aliphatic carboxylic acids is 1. The summed E-state index contributed by atoms with van der Waals surface area (Å²) < 4.78 is 0. The maximum Gasteiger partial charge on any atom is 0.303 e. The van der Waals surface area contributed by atoms with Crippen molar-refractivity contribution in [3.05, 3.63) is 22.1 Å². The minimum absolute atomic E-state index is 0.0634. The summed E-state index contributed by atoms with van der Waals surface area (Å²) >= 11 is 0. The standard InChI is InChI=1S/C9H13N3O3/c1-12(2)9-10-5-6(8(15)11-9)3-4-7(13)14/h5H,3-4H2,1-2H3,(H,13,14)(H,10,11,15). The number of hydrogen-bond donors (Lipinski definition) is 2. The van der Waals surface area contributed by atoms with Crippen molar-refractivity contribution in [1.82, 2.24) is 9.97 Å². The third-order valence-electron chi connectivity index (χ3n) is 1.89. The van der Waals surface area contributed by atoms with Crippen LogP contribution in [0.1, 0.15) is 12.0 Å². The van der Waals surface area contributed by atoms with Gasteiger partial charge < -0.3 is 10.0 Å². The van der Waals surface area contributed by atoms with Crippen LogP contribution in [0.2, 0.25) is 0 Å². The number of nitrogens with zero attached hydrogens (tertiary/aromatic N) is 2. The Morgan fingerprint density at radius 2 is 2.27 bits per heavy atom. The second-order valence-electron chi connectivity index (χ2n) is 3.35. The normalized spacial score (nSPS) is 10.0. The zero-order valence-corrected chi connectivity index (χ0v) is 8.65. The fourth-order valence-corrected chi connectivity index (χ4v) is 1.06. The molecular weight excluding hydrogens is 198 g/mol. The lowest BCUT2D eigenvalue weighted by Gasteiger charge is -2.10. The number of aryl methyl sites for hydroxylation is 1. The minimum atomic E-state index is -0.925. The molecule has 0 unspecified atom stereocenters. The summed E-state index contributed by atoms with van der Waals surface area (Å²) in [6, 6.07) is 0. The number of H-pyrrole nitrogens is 1. The smallest absolute Gasteiger partial charge is 0.303 e. The summed E-state index contributed by atoms with van der Waals surface area (Å²) in [5.41, 5.74) is 0.109. The average Bonchev–Trinajstić information content (AvgIpc) is 2.15. The third-order valence-corrected chi connectivity index (χ3v) is 1.89. The number of nitrogens with one attached hydrogen (secondary N) is 1. The Morgan fingerprint density at radius 3 is 2.73 bits per heavy atom. The van der Waals surface area contributed by atoms with Gasteiger partial charge in [0.2, 0.25) is 5.95 Å². The molecule has 0 saturated heterocycles. The van der Waals surface area contributed by atoms with Gasteiger partial charge in [0, 0.05) is 32.3 Å². The average molecular weight is 211 g/mol. The SMILES string of the molecule is CN(C)c1ncc(CCC(=O)O)c(=O)[nH]1. The van der Waals surface area contributed by atoms with Crippen LogP contribution in [0.25, 0.3) is 0 Å². The molecule has 0 atom stereocenters. The van der Waals surface area contributed by atoms with Gasteiger partial charge in [-0.25, -0.2) is 4.98 Å². The maximum absolute atomic E-state index is 11.4. The van der Waals surface area contributed by atoms with Gasteiger partial charge in [0.05, 0.1) is 0 Å². The highest BCUT2D eigenvalue weighted by Gasteiger charge is 2.05. The molecule has 0 amide bonds. The Balaban J connectivity index is 2.84. The summed E-state index contributed by atoms with van der Waals surface area (Å²) in [5.74, 6) is -0.467. The van der Waals surface area contributed by atoms with Gasteiger partial charge in [-0.15, -0.1) is 0 Å². The predicted molar refractivity (Wildman–Crippen MR) is 55.1 cm³/mol. The molecule has 0 fully saturated rings. The van der Waals surface area contributed by atoms with Crippen LogP contribution in [0.5, 0.6) is 0 Å². The molecule has 0 aliphatic rings. The van der Waals surface area contributed by atoms with Gasteiger partial charge in [0.1, 0.15) is 0 Å². The number of aromatic nitrogens is 2. The molecule has 1 aromatic rings. The first kappa shape index (κ1) is 11.2. The molecule has 0 radical (unpaired) electrons. The lowest BCUT2D eigenvalue weighted by atomic mass is 10.2. The lowest BCUT2D eigenvalue weighted by molar-refractivity contribution is -0.136. The van der Waals surface area contributed by atoms with Crippen molar-refractivity contribution in [2.24, 2.45) is 0 Å². The van der Waals surface area contributed by atoms with Gasteiger partial charge in [0.15, 0.2) is 0 Å². The largest absolute Gasteiger partial charge is 0.481 e. The molecule has 1 heterocycles. The molecule has 2 N–H and O–H groups in total. The number of carboxylic acid groups (broad SMARTS) is 1. The molecule has 0 aliphatic carbocycles. The first-order chi connectivity index (χ1) is 7.00. The third kappa shape index (κ3) is 3.08. The molecule has 0 bridgehead atoms. The Labute approximate surface area is 86.6 Å². The summed E-state index contributed by atoms with van der Waals surface area (Å²) in [4.78, 5) is 30.0. The molecule has 1 rings (SSSR count). The van der Waals surface area contributed by atoms with E-state index in [0.29, 0.717) is 11.5 Å². The topological polar surface area (TPSA) is 86.3 Å². The van der Waals surface area contributed by atoms with E-state index in [0.717, 1.165) is 0 Å². The molecule has 6 nitrogen and oxygen atoms in total. The molecular formula is C9H13N3O3. The summed E-state index contributed by atoms with van der Waals surface area (Å²) in [5, 5.41) is 8.47. The fourth-order valence-electron chi connectivity index (χ4n) is 1.06. The summed E-state index contributed by atoms with van der Waals surface area (Å²) in [7, 11) is 3.52. The lowest BCUT2D eigenvalue weighted by Crippen LogP contribution is -2.21. The first-order valence-electron chi connectivity index (χ1n) is 4.48. The van der Waals surface area contributed by atoms with E-state index in [4.69, 9.17) is 5.11 Å². The van der Waals surface area contributed by atoms with Crippen molar-refractivity contribution in [1.29, 1.82) is 0 Å². The van der Waals surface area contributed by atoms with Crippen LogP contribution in [-0.2, 0) is 11.2 Å². The van der Waals surface area contributed by atoms with E-state index in [2.05, 4.69) is 9.97 Å². The van der Waals surface area contributed by atoms with Crippen LogP contribution in [0.15, 0.2) is 11.0 Å². The number of aromatic amines is 1. The zero-order valence-electron chi connectivity index (χ0n) is 8.65. The molecule has 0 spiro atoms. The second kappa shape index (κ2) is 4.59. The number of carboxylic acids is 1. The summed E-state index contributed by atoms with van der Waals surface area (Å²) in [6.07, 6.45) is 1.55. The minimum Gasteiger partial charge on any atom is -0.481 e. The van der Waals surface area contributed by atoms with Crippen LogP contribution in [0, 0.1) is 0 Å². The van der Waals surface area contributed by atoms with Gasteiger partial charge in [0.25, 0.3) is 5.56 Å². The number of rotatable bonds is 4. The highest BCUT2D eigenvalue weighted by Crippen LogP contribution is 2.00. The van der Waals surface area contributed by atoms with E-state index in [-0.39, 0.29) is 18.4 Å². The highest BCUT2D eigenvalue weighted by atomic mass is 16.4. The van der Waals surface area contributed by atoms with E-state index in [1.54, 1.807) is 19.0 Å². The first-order valence-corrected chi connectivity index (χ1v) is 4.48. The van der Waals surface area contributed by atoms with Gasteiger partial charge in [-0.1, -0.05) is 0 Å². The monoisotopic (exact) mass is 211 g/mol. The van der Waals surface area contributed by atoms with Gasteiger partial charge >= 0.3 is 5.97 Å². The van der Waals surface area contributed by atoms with Gasteiger partial charge in [-0.2, -0.15) is 0 Å². The van der Waals surface area contributed by atoms with Crippen molar-refractivity contribution >= 4 is 11.9 Å². The van der Waals surface area contributed by atoms with Crippen molar-refractivity contribution in [3.8, 4) is 0 Å². The Kier molecular flexibility index (Phi) is 3.43. The zero-order chi connectivity index (χ0) is 11.4. The van der Waals surface area contributed by atoms with Crippen molar-refractivity contribution in [2.45, 2.75) is 12.8 Å². The summed E-state index contributed by atoms with van der Waals surface area (Å²) in [6.45, 7) is 0. The van der Waals surface area contributed by atoms with Crippen molar-refractivity contribution in [2.75, 3.05) is 19.0 Å². The number of anilines is 1. The van der Waals surface area contributed by atoms with Crippen molar-refractivity contribution in [3.63, 3.8) is 0 Å². The maximum atomic E-state index is 11.4. The van der Waals surface area contributed by atoms with Crippen LogP contribution in [0.3, 0.4) is 0 Å². The van der Waals surface area contributed by atoms with E-state index in [9.17, 15) is 9.59 Å². The van der Waals surface area contributed by atoms with E-state index < -0.39 is 5.97 Å². The second-order valence-corrected chi connectivity index (χ2v) is 3.35. The fraction of sp³-hybridized carbons (Fsp3) is 0.444. The Hall–Kier alpha value is -1.85. The predicted octanol–water partition coefficient (Wildman–Crippen LogP) is -0.147.